The Morgan fingerprint density at radius 1 is 1.06 bits per heavy atom. The molecular weight excluding hydrogens is 349 g/mol. The largest absolute Gasteiger partial charge is 0.398 e. The van der Waals surface area contributed by atoms with Gasteiger partial charge in [0.2, 0.25) is 0 Å². The molecule has 17 heavy (non-hydrogen) atoms. The van der Waals surface area contributed by atoms with E-state index in [2.05, 4.69) is 22.6 Å². The number of rotatable bonds is 2. The zero-order chi connectivity index (χ0) is 12.4. The minimum atomic E-state index is -0.0511. The summed E-state index contributed by atoms with van der Waals surface area (Å²) < 4.78 is 1.09. The van der Waals surface area contributed by atoms with Gasteiger partial charge in [-0.15, -0.1) is 0 Å². The highest BCUT2D eigenvalue weighted by molar-refractivity contribution is 14.1. The Hall–Kier alpha value is -1.07. The first-order valence-corrected chi connectivity index (χ1v) is 6.39. The van der Waals surface area contributed by atoms with Gasteiger partial charge < -0.3 is 5.73 Å². The summed E-state index contributed by atoms with van der Waals surface area (Å²) in [5.41, 5.74) is 7.29. The lowest BCUT2D eigenvalue weighted by Gasteiger charge is -2.04. The number of carbonyl (C=O) groups is 1. The number of anilines is 1. The molecule has 2 nitrogen and oxygen atoms in total. The van der Waals surface area contributed by atoms with E-state index in [-0.39, 0.29) is 5.78 Å². The van der Waals surface area contributed by atoms with Crippen LogP contribution in [0.5, 0.6) is 0 Å². The van der Waals surface area contributed by atoms with Crippen LogP contribution < -0.4 is 5.73 Å². The molecule has 0 aliphatic heterocycles. The molecule has 2 rings (SSSR count). The fourth-order valence-corrected chi connectivity index (χ4v) is 1.93. The zero-order valence-electron chi connectivity index (χ0n) is 8.78. The molecule has 2 N–H and O–H groups in total. The third kappa shape index (κ3) is 2.79. The predicted octanol–water partition coefficient (Wildman–Crippen LogP) is 3.76. The number of hydrogen-bond acceptors (Lipinski definition) is 2. The first-order chi connectivity index (χ1) is 8.08. The van der Waals surface area contributed by atoms with Crippen LogP contribution in [0.2, 0.25) is 5.02 Å². The van der Waals surface area contributed by atoms with Gasteiger partial charge in [0.05, 0.1) is 10.7 Å². The lowest BCUT2D eigenvalue weighted by molar-refractivity contribution is 0.103. The summed E-state index contributed by atoms with van der Waals surface area (Å²) in [7, 11) is 0. The molecule has 0 amide bonds. The van der Waals surface area contributed by atoms with Crippen molar-refractivity contribution in [1.29, 1.82) is 0 Å². The second-order valence-corrected chi connectivity index (χ2v) is 5.23. The lowest BCUT2D eigenvalue weighted by atomic mass is 10.0. The van der Waals surface area contributed by atoms with Gasteiger partial charge in [-0.3, -0.25) is 4.79 Å². The maximum absolute atomic E-state index is 12.1. The van der Waals surface area contributed by atoms with Crippen LogP contribution in [0.1, 0.15) is 15.9 Å². The van der Waals surface area contributed by atoms with Crippen LogP contribution in [0.3, 0.4) is 0 Å². The van der Waals surface area contributed by atoms with Crippen LogP contribution in [-0.4, -0.2) is 5.78 Å². The van der Waals surface area contributed by atoms with Crippen molar-refractivity contribution in [1.82, 2.24) is 0 Å². The quantitative estimate of drug-likeness (QED) is 0.505. The highest BCUT2D eigenvalue weighted by Gasteiger charge is 2.10. The van der Waals surface area contributed by atoms with Crippen molar-refractivity contribution in [2.75, 3.05) is 5.73 Å². The van der Waals surface area contributed by atoms with Gasteiger partial charge >= 0.3 is 0 Å². The molecule has 0 spiro atoms. The highest BCUT2D eigenvalue weighted by Crippen LogP contribution is 2.21. The first-order valence-electron chi connectivity index (χ1n) is 4.93. The Labute approximate surface area is 118 Å². The van der Waals surface area contributed by atoms with Gasteiger partial charge in [-0.1, -0.05) is 11.6 Å². The monoisotopic (exact) mass is 357 g/mol. The molecule has 0 aliphatic rings. The van der Waals surface area contributed by atoms with E-state index in [1.165, 1.54) is 0 Å². The van der Waals surface area contributed by atoms with Crippen LogP contribution in [0.4, 0.5) is 5.69 Å². The van der Waals surface area contributed by atoms with E-state index in [1.54, 1.807) is 30.3 Å². The summed E-state index contributed by atoms with van der Waals surface area (Å²) in [6.45, 7) is 0. The van der Waals surface area contributed by atoms with E-state index in [1.807, 2.05) is 12.1 Å². The van der Waals surface area contributed by atoms with Crippen LogP contribution in [0.15, 0.2) is 42.5 Å². The van der Waals surface area contributed by atoms with Crippen molar-refractivity contribution >= 4 is 45.7 Å². The molecule has 0 saturated heterocycles. The van der Waals surface area contributed by atoms with Gasteiger partial charge in [0, 0.05) is 14.7 Å². The molecule has 0 fully saturated rings. The second-order valence-electron chi connectivity index (χ2n) is 3.57. The van der Waals surface area contributed by atoms with Gasteiger partial charge in [0.15, 0.2) is 5.78 Å². The molecule has 86 valence electrons. The molecule has 0 heterocycles. The van der Waals surface area contributed by atoms with Gasteiger partial charge in [0.25, 0.3) is 0 Å². The Kier molecular flexibility index (Phi) is 3.69. The van der Waals surface area contributed by atoms with Crippen LogP contribution in [0.25, 0.3) is 0 Å². The number of nitrogen functional groups attached to an aromatic ring is 1. The molecule has 0 saturated carbocycles. The summed E-state index contributed by atoms with van der Waals surface area (Å²) in [4.78, 5) is 12.1. The van der Waals surface area contributed by atoms with Crippen LogP contribution in [0, 0.1) is 3.57 Å². The minimum Gasteiger partial charge on any atom is -0.398 e. The molecule has 0 radical (unpaired) electrons. The molecule has 0 bridgehead atoms. The predicted molar refractivity (Wildman–Crippen MR) is 78.5 cm³/mol. The molecular formula is C13H9ClINO. The van der Waals surface area contributed by atoms with E-state index in [0.717, 1.165) is 3.57 Å². The Bertz CT molecular complexity index is 566. The smallest absolute Gasteiger partial charge is 0.193 e. The zero-order valence-corrected chi connectivity index (χ0v) is 11.7. The lowest BCUT2D eigenvalue weighted by Crippen LogP contribution is -2.02. The summed E-state index contributed by atoms with van der Waals surface area (Å²) in [5, 5.41) is 0.462. The van der Waals surface area contributed by atoms with E-state index in [9.17, 15) is 4.79 Å². The summed E-state index contributed by atoms with van der Waals surface area (Å²) >= 11 is 8.01. The van der Waals surface area contributed by atoms with E-state index in [4.69, 9.17) is 17.3 Å². The Morgan fingerprint density at radius 2 is 1.65 bits per heavy atom. The van der Waals surface area contributed by atoms with E-state index in [0.29, 0.717) is 21.8 Å². The number of halogens is 2. The number of nitrogens with two attached hydrogens (primary N) is 1. The maximum atomic E-state index is 12.1. The third-order valence-corrected chi connectivity index (χ3v) is 3.43. The second kappa shape index (κ2) is 5.06. The van der Waals surface area contributed by atoms with Gasteiger partial charge in [0.1, 0.15) is 0 Å². The van der Waals surface area contributed by atoms with E-state index >= 15 is 0 Å². The van der Waals surface area contributed by atoms with Crippen molar-refractivity contribution in [3.63, 3.8) is 0 Å². The van der Waals surface area contributed by atoms with Gasteiger partial charge in [-0.25, -0.2) is 0 Å². The SMILES string of the molecule is Nc1cc(C(=O)c2ccc(I)cc2)ccc1Cl. The number of ketones is 1. The average molecular weight is 358 g/mol. The highest BCUT2D eigenvalue weighted by atomic mass is 127. The Balaban J connectivity index is 2.37. The Morgan fingerprint density at radius 3 is 2.24 bits per heavy atom. The summed E-state index contributed by atoms with van der Waals surface area (Å²) in [6, 6.07) is 12.3. The molecule has 0 unspecified atom stereocenters. The molecule has 0 aliphatic carbocycles. The van der Waals surface area contributed by atoms with Crippen molar-refractivity contribution in [3.8, 4) is 0 Å². The molecule has 4 heteroatoms. The topological polar surface area (TPSA) is 43.1 Å². The standard InChI is InChI=1S/C13H9ClINO/c14-11-6-3-9(7-12(11)16)13(17)8-1-4-10(15)5-2-8/h1-7H,16H2. The third-order valence-electron chi connectivity index (χ3n) is 2.36. The first kappa shape index (κ1) is 12.4. The van der Waals surface area contributed by atoms with Crippen molar-refractivity contribution in [2.45, 2.75) is 0 Å². The average Bonchev–Trinajstić information content (AvgIpc) is 2.33. The molecule has 2 aromatic rings. The number of benzene rings is 2. The summed E-state index contributed by atoms with van der Waals surface area (Å²) in [5.74, 6) is -0.0511. The van der Waals surface area contributed by atoms with Crippen LogP contribution in [-0.2, 0) is 0 Å². The molecule has 2 aromatic carbocycles. The van der Waals surface area contributed by atoms with E-state index < -0.39 is 0 Å². The maximum Gasteiger partial charge on any atom is 0.193 e. The molecule has 0 atom stereocenters. The summed E-state index contributed by atoms with van der Waals surface area (Å²) in [6.07, 6.45) is 0. The van der Waals surface area contributed by atoms with Crippen molar-refractivity contribution < 1.29 is 4.79 Å². The van der Waals surface area contributed by atoms with Crippen LogP contribution >= 0.6 is 34.2 Å². The number of carbonyl (C=O) groups excluding carboxylic acids is 1. The minimum absolute atomic E-state index is 0.0511. The fraction of sp³-hybridized carbons (Fsp3) is 0. The number of hydrogen-bond donors (Lipinski definition) is 1. The van der Waals surface area contributed by atoms with Crippen molar-refractivity contribution in [3.05, 3.63) is 62.2 Å². The normalized spacial score (nSPS) is 10.2. The van der Waals surface area contributed by atoms with Gasteiger partial charge in [-0.2, -0.15) is 0 Å². The fourth-order valence-electron chi connectivity index (χ4n) is 1.45. The van der Waals surface area contributed by atoms with Gasteiger partial charge in [-0.05, 0) is 65.1 Å². The molecule has 0 aromatic heterocycles. The van der Waals surface area contributed by atoms with Crippen molar-refractivity contribution in [2.24, 2.45) is 0 Å².